The van der Waals surface area contributed by atoms with E-state index in [9.17, 15) is 0 Å². The van der Waals surface area contributed by atoms with Crippen molar-refractivity contribution in [2.45, 2.75) is 13.5 Å². The monoisotopic (exact) mass is 293 g/mol. The Morgan fingerprint density at radius 2 is 2.00 bits per heavy atom. The molecule has 2 aromatic carbocycles. The first-order chi connectivity index (χ1) is 10.7. The topological polar surface area (TPSA) is 53.1 Å². The molecule has 0 bridgehead atoms. The average Bonchev–Trinajstić information content (AvgIpc) is 2.87. The van der Waals surface area contributed by atoms with Crippen LogP contribution < -0.4 is 10.5 Å². The van der Waals surface area contributed by atoms with Gasteiger partial charge in [0, 0.05) is 23.9 Å². The van der Waals surface area contributed by atoms with Gasteiger partial charge in [-0.3, -0.25) is 0 Å². The maximum atomic E-state index is 5.77. The van der Waals surface area contributed by atoms with E-state index >= 15 is 0 Å². The molecule has 2 N–H and O–H groups in total. The smallest absolute Gasteiger partial charge is 0.141 e. The number of nitrogens with two attached hydrogens (primary N) is 1. The van der Waals surface area contributed by atoms with Gasteiger partial charge in [0.15, 0.2) is 0 Å². The van der Waals surface area contributed by atoms with Gasteiger partial charge in [-0.2, -0.15) is 0 Å². The highest BCUT2D eigenvalue weighted by atomic mass is 16.5. The van der Waals surface area contributed by atoms with Crippen LogP contribution in [0.1, 0.15) is 6.92 Å². The molecule has 22 heavy (non-hydrogen) atoms. The number of ether oxygens (including phenoxy) is 1. The molecule has 0 saturated heterocycles. The maximum absolute atomic E-state index is 5.77. The predicted molar refractivity (Wildman–Crippen MR) is 90.9 cm³/mol. The molecule has 3 aromatic rings. The van der Waals surface area contributed by atoms with Crippen LogP contribution in [0.5, 0.6) is 5.75 Å². The van der Waals surface area contributed by atoms with Gasteiger partial charge >= 0.3 is 0 Å². The summed E-state index contributed by atoms with van der Waals surface area (Å²) in [6.07, 6.45) is 1.87. The van der Waals surface area contributed by atoms with E-state index in [4.69, 9.17) is 15.5 Å². The van der Waals surface area contributed by atoms with Crippen LogP contribution in [0.15, 0.2) is 55.1 Å². The quantitative estimate of drug-likeness (QED) is 0.574. The highest BCUT2D eigenvalue weighted by Gasteiger charge is 2.12. The number of fused-ring (bicyclic) bond motifs is 1. The standard InChI is InChI=1S/C18H19N3O/c1-3-11-21-17-10-9-15(22-4-2)12-16(17)20-18(21)13-5-7-14(19)8-6-13/h3,5-10,12H,1,4,11,19H2,2H3. The molecule has 0 amide bonds. The molecule has 0 spiro atoms. The molecule has 0 fully saturated rings. The molecule has 0 unspecified atom stereocenters. The third kappa shape index (κ3) is 2.55. The van der Waals surface area contributed by atoms with Gasteiger partial charge in [0.25, 0.3) is 0 Å². The second-order valence-corrected chi connectivity index (χ2v) is 5.04. The summed E-state index contributed by atoms with van der Waals surface area (Å²) < 4.78 is 7.70. The number of nitrogen functional groups attached to an aromatic ring is 1. The van der Waals surface area contributed by atoms with Crippen molar-refractivity contribution in [1.82, 2.24) is 9.55 Å². The van der Waals surface area contributed by atoms with Gasteiger partial charge in [-0.25, -0.2) is 4.98 Å². The number of aromatic nitrogens is 2. The Labute approximate surface area is 129 Å². The van der Waals surface area contributed by atoms with Crippen LogP contribution in [0.4, 0.5) is 5.69 Å². The Morgan fingerprint density at radius 1 is 1.23 bits per heavy atom. The lowest BCUT2D eigenvalue weighted by molar-refractivity contribution is 0.340. The van der Waals surface area contributed by atoms with Crippen molar-refractivity contribution in [2.24, 2.45) is 0 Å². The molecular weight excluding hydrogens is 274 g/mol. The molecule has 1 heterocycles. The molecule has 0 aliphatic heterocycles. The molecule has 4 heteroatoms. The summed E-state index contributed by atoms with van der Waals surface area (Å²) in [5.41, 5.74) is 9.53. The summed E-state index contributed by atoms with van der Waals surface area (Å²) in [6, 6.07) is 13.7. The highest BCUT2D eigenvalue weighted by molar-refractivity contribution is 5.82. The molecule has 0 atom stereocenters. The Balaban J connectivity index is 2.17. The highest BCUT2D eigenvalue weighted by Crippen LogP contribution is 2.28. The minimum absolute atomic E-state index is 0.643. The number of anilines is 1. The molecule has 0 radical (unpaired) electrons. The lowest BCUT2D eigenvalue weighted by Crippen LogP contribution is -1.98. The number of benzene rings is 2. The fourth-order valence-corrected chi connectivity index (χ4v) is 2.53. The zero-order valence-electron chi connectivity index (χ0n) is 12.6. The van der Waals surface area contributed by atoms with Crippen LogP contribution in [-0.4, -0.2) is 16.2 Å². The largest absolute Gasteiger partial charge is 0.494 e. The Hall–Kier alpha value is -2.75. The van der Waals surface area contributed by atoms with Crippen molar-refractivity contribution < 1.29 is 4.74 Å². The molecule has 112 valence electrons. The Kier molecular flexibility index (Phi) is 3.83. The molecule has 0 aliphatic rings. The van der Waals surface area contributed by atoms with Crippen LogP contribution in [0, 0.1) is 0 Å². The van der Waals surface area contributed by atoms with Crippen molar-refractivity contribution in [1.29, 1.82) is 0 Å². The minimum atomic E-state index is 0.643. The van der Waals surface area contributed by atoms with Gasteiger partial charge in [-0.1, -0.05) is 6.08 Å². The van der Waals surface area contributed by atoms with E-state index < -0.39 is 0 Å². The van der Waals surface area contributed by atoms with E-state index in [1.54, 1.807) is 0 Å². The lowest BCUT2D eigenvalue weighted by atomic mass is 10.2. The van der Waals surface area contributed by atoms with Crippen LogP contribution >= 0.6 is 0 Å². The number of imidazole rings is 1. The Bertz CT molecular complexity index is 803. The summed E-state index contributed by atoms with van der Waals surface area (Å²) in [7, 11) is 0. The lowest BCUT2D eigenvalue weighted by Gasteiger charge is -2.07. The third-order valence-electron chi connectivity index (χ3n) is 3.51. The van der Waals surface area contributed by atoms with Crippen molar-refractivity contribution in [3.8, 4) is 17.1 Å². The molecule has 0 aliphatic carbocycles. The van der Waals surface area contributed by atoms with E-state index in [-0.39, 0.29) is 0 Å². The third-order valence-corrected chi connectivity index (χ3v) is 3.51. The van der Waals surface area contributed by atoms with Crippen molar-refractivity contribution in [2.75, 3.05) is 12.3 Å². The molecule has 0 saturated carbocycles. The summed E-state index contributed by atoms with van der Waals surface area (Å²) in [4.78, 5) is 4.77. The van der Waals surface area contributed by atoms with Crippen molar-refractivity contribution >= 4 is 16.7 Å². The summed E-state index contributed by atoms with van der Waals surface area (Å²) >= 11 is 0. The molecular formula is C18H19N3O. The van der Waals surface area contributed by atoms with Crippen LogP contribution in [0.2, 0.25) is 0 Å². The van der Waals surface area contributed by atoms with Gasteiger partial charge in [0.1, 0.15) is 11.6 Å². The van der Waals surface area contributed by atoms with E-state index in [1.807, 2.05) is 55.5 Å². The first-order valence-electron chi connectivity index (χ1n) is 7.33. The van der Waals surface area contributed by atoms with Gasteiger partial charge in [-0.15, -0.1) is 6.58 Å². The van der Waals surface area contributed by atoms with E-state index in [2.05, 4.69) is 11.1 Å². The van der Waals surface area contributed by atoms with Crippen LogP contribution in [0.3, 0.4) is 0 Å². The van der Waals surface area contributed by atoms with Gasteiger partial charge < -0.3 is 15.0 Å². The number of hydrogen-bond donors (Lipinski definition) is 1. The second kappa shape index (κ2) is 5.93. The molecule has 1 aromatic heterocycles. The maximum Gasteiger partial charge on any atom is 0.141 e. The normalized spacial score (nSPS) is 10.8. The van der Waals surface area contributed by atoms with Gasteiger partial charge in [0.05, 0.1) is 17.6 Å². The van der Waals surface area contributed by atoms with E-state index in [1.165, 1.54) is 0 Å². The predicted octanol–water partition coefficient (Wildman–Crippen LogP) is 3.87. The molecule has 4 nitrogen and oxygen atoms in total. The molecule has 3 rings (SSSR count). The number of rotatable bonds is 5. The number of nitrogens with zero attached hydrogens (tertiary/aromatic N) is 2. The zero-order chi connectivity index (χ0) is 15.5. The first kappa shape index (κ1) is 14.2. The zero-order valence-corrected chi connectivity index (χ0v) is 12.6. The summed E-state index contributed by atoms with van der Waals surface area (Å²) in [5, 5.41) is 0. The minimum Gasteiger partial charge on any atom is -0.494 e. The number of hydrogen-bond acceptors (Lipinski definition) is 3. The van der Waals surface area contributed by atoms with E-state index in [0.29, 0.717) is 13.2 Å². The van der Waals surface area contributed by atoms with Gasteiger partial charge in [-0.05, 0) is 43.3 Å². The fraction of sp³-hybridized carbons (Fsp3) is 0.167. The number of allylic oxidation sites excluding steroid dienone is 1. The van der Waals surface area contributed by atoms with E-state index in [0.717, 1.165) is 33.9 Å². The van der Waals surface area contributed by atoms with Crippen LogP contribution in [0.25, 0.3) is 22.4 Å². The fourth-order valence-electron chi connectivity index (χ4n) is 2.53. The average molecular weight is 293 g/mol. The van der Waals surface area contributed by atoms with Crippen molar-refractivity contribution in [3.63, 3.8) is 0 Å². The SMILES string of the molecule is C=CCn1c(-c2ccc(N)cc2)nc2cc(OCC)ccc21. The first-order valence-corrected chi connectivity index (χ1v) is 7.33. The van der Waals surface area contributed by atoms with Crippen LogP contribution in [-0.2, 0) is 6.54 Å². The van der Waals surface area contributed by atoms with Crippen molar-refractivity contribution in [3.05, 3.63) is 55.1 Å². The van der Waals surface area contributed by atoms with Gasteiger partial charge in [0.2, 0.25) is 0 Å². The summed E-state index contributed by atoms with van der Waals surface area (Å²) in [5.74, 6) is 1.74. The summed E-state index contributed by atoms with van der Waals surface area (Å²) in [6.45, 7) is 7.16. The Morgan fingerprint density at radius 3 is 2.68 bits per heavy atom. The second-order valence-electron chi connectivity index (χ2n) is 5.04.